The Morgan fingerprint density at radius 2 is 2.00 bits per heavy atom. The van der Waals surface area contributed by atoms with Crippen molar-refractivity contribution in [1.82, 2.24) is 9.97 Å². The summed E-state index contributed by atoms with van der Waals surface area (Å²) in [5, 5.41) is 0.860. The summed E-state index contributed by atoms with van der Waals surface area (Å²) in [4.78, 5) is 18.6. The van der Waals surface area contributed by atoms with Gasteiger partial charge in [0.15, 0.2) is 12.1 Å². The molecule has 0 amide bonds. The third-order valence-corrected chi connectivity index (χ3v) is 2.89. The fourth-order valence-electron chi connectivity index (χ4n) is 1.27. The SMILES string of the molecule is Nc1nc(-c2ccc(Cl)c(Cl)c2)ncc1C=O. The number of benzene rings is 1. The maximum Gasteiger partial charge on any atom is 0.161 e. The summed E-state index contributed by atoms with van der Waals surface area (Å²) in [6, 6.07) is 5.01. The number of carbonyl (C=O) groups is 1. The molecule has 0 aliphatic carbocycles. The Labute approximate surface area is 107 Å². The van der Waals surface area contributed by atoms with Crippen LogP contribution < -0.4 is 5.73 Å². The fourth-order valence-corrected chi connectivity index (χ4v) is 1.57. The molecule has 1 heterocycles. The standard InChI is InChI=1S/C11H7Cl2N3O/c12-8-2-1-6(3-9(8)13)11-15-4-7(5-17)10(14)16-11/h1-5H,(H2,14,15,16). The van der Waals surface area contributed by atoms with E-state index in [9.17, 15) is 4.79 Å². The van der Waals surface area contributed by atoms with Crippen molar-refractivity contribution >= 4 is 35.3 Å². The molecule has 1 aromatic carbocycles. The molecular formula is C11H7Cl2N3O. The quantitative estimate of drug-likeness (QED) is 0.850. The molecule has 0 aliphatic rings. The maximum atomic E-state index is 10.6. The molecule has 0 radical (unpaired) electrons. The molecule has 0 atom stereocenters. The van der Waals surface area contributed by atoms with Gasteiger partial charge in [-0.05, 0) is 18.2 Å². The van der Waals surface area contributed by atoms with Crippen LogP contribution in [0.5, 0.6) is 0 Å². The van der Waals surface area contributed by atoms with Gasteiger partial charge in [-0.1, -0.05) is 23.2 Å². The number of carbonyl (C=O) groups excluding carboxylic acids is 1. The van der Waals surface area contributed by atoms with Crippen molar-refractivity contribution in [3.8, 4) is 11.4 Å². The Balaban J connectivity index is 2.49. The first kappa shape index (κ1) is 11.8. The van der Waals surface area contributed by atoms with Crippen LogP contribution in [0.3, 0.4) is 0 Å². The van der Waals surface area contributed by atoms with E-state index in [1.165, 1.54) is 6.20 Å². The number of rotatable bonds is 2. The summed E-state index contributed by atoms with van der Waals surface area (Å²) in [6.45, 7) is 0. The zero-order valence-corrected chi connectivity index (χ0v) is 10.0. The minimum atomic E-state index is 0.135. The average Bonchev–Trinajstić information content (AvgIpc) is 2.32. The number of anilines is 1. The second-order valence-corrected chi connectivity index (χ2v) is 4.10. The molecule has 1 aromatic heterocycles. The van der Waals surface area contributed by atoms with Crippen molar-refractivity contribution < 1.29 is 4.79 Å². The highest BCUT2D eigenvalue weighted by molar-refractivity contribution is 6.42. The monoisotopic (exact) mass is 267 g/mol. The zero-order chi connectivity index (χ0) is 12.4. The number of nitrogen functional groups attached to an aromatic ring is 1. The lowest BCUT2D eigenvalue weighted by Gasteiger charge is -2.04. The van der Waals surface area contributed by atoms with Crippen LogP contribution in [0.15, 0.2) is 24.4 Å². The molecule has 0 bridgehead atoms. The molecule has 86 valence electrons. The molecular weight excluding hydrogens is 261 g/mol. The predicted octanol–water partition coefficient (Wildman–Crippen LogP) is 2.85. The van der Waals surface area contributed by atoms with Crippen LogP contribution in [0.4, 0.5) is 5.82 Å². The first-order chi connectivity index (χ1) is 8.11. The first-order valence-electron chi connectivity index (χ1n) is 4.65. The fraction of sp³-hybridized carbons (Fsp3) is 0. The van der Waals surface area contributed by atoms with Crippen LogP contribution >= 0.6 is 23.2 Å². The van der Waals surface area contributed by atoms with Gasteiger partial charge in [0.1, 0.15) is 5.82 Å². The molecule has 0 aliphatic heterocycles. The van der Waals surface area contributed by atoms with Gasteiger partial charge < -0.3 is 5.73 Å². The number of aromatic nitrogens is 2. The topological polar surface area (TPSA) is 68.9 Å². The van der Waals surface area contributed by atoms with Gasteiger partial charge in [-0.3, -0.25) is 4.79 Å². The van der Waals surface area contributed by atoms with E-state index in [1.807, 2.05) is 0 Å². The minimum Gasteiger partial charge on any atom is -0.383 e. The largest absolute Gasteiger partial charge is 0.383 e. The second kappa shape index (κ2) is 4.69. The summed E-state index contributed by atoms with van der Waals surface area (Å²) in [7, 11) is 0. The summed E-state index contributed by atoms with van der Waals surface area (Å²) >= 11 is 11.7. The number of hydrogen-bond acceptors (Lipinski definition) is 4. The van der Waals surface area contributed by atoms with Gasteiger partial charge in [-0.15, -0.1) is 0 Å². The molecule has 0 saturated heterocycles. The Morgan fingerprint density at radius 1 is 1.24 bits per heavy atom. The molecule has 6 heteroatoms. The summed E-state index contributed by atoms with van der Waals surface area (Å²) < 4.78 is 0. The van der Waals surface area contributed by atoms with E-state index < -0.39 is 0 Å². The molecule has 2 rings (SSSR count). The Morgan fingerprint density at radius 3 is 2.59 bits per heavy atom. The highest BCUT2D eigenvalue weighted by Gasteiger charge is 2.07. The Hall–Kier alpha value is -1.65. The van der Waals surface area contributed by atoms with Crippen LogP contribution in [-0.2, 0) is 0 Å². The number of nitrogens with two attached hydrogens (primary N) is 1. The van der Waals surface area contributed by atoms with Gasteiger partial charge in [0.05, 0.1) is 15.6 Å². The molecule has 0 saturated carbocycles. The summed E-state index contributed by atoms with van der Waals surface area (Å²) in [5.41, 5.74) is 6.54. The lowest BCUT2D eigenvalue weighted by molar-refractivity contribution is 0.112. The lowest BCUT2D eigenvalue weighted by atomic mass is 10.2. The summed E-state index contributed by atoms with van der Waals surface area (Å²) in [5.74, 6) is 0.530. The molecule has 4 nitrogen and oxygen atoms in total. The average molecular weight is 268 g/mol. The van der Waals surface area contributed by atoms with E-state index in [4.69, 9.17) is 28.9 Å². The molecule has 0 unspecified atom stereocenters. The number of aldehydes is 1. The Kier molecular flexibility index (Phi) is 3.26. The molecule has 17 heavy (non-hydrogen) atoms. The number of halogens is 2. The van der Waals surface area contributed by atoms with Gasteiger partial charge in [0, 0.05) is 11.8 Å². The lowest BCUT2D eigenvalue weighted by Crippen LogP contribution is -2.00. The van der Waals surface area contributed by atoms with Gasteiger partial charge >= 0.3 is 0 Å². The van der Waals surface area contributed by atoms with E-state index in [0.717, 1.165) is 0 Å². The normalized spacial score (nSPS) is 10.2. The number of nitrogens with zero attached hydrogens (tertiary/aromatic N) is 2. The highest BCUT2D eigenvalue weighted by Crippen LogP contribution is 2.27. The van der Waals surface area contributed by atoms with Crippen LogP contribution in [0.1, 0.15) is 10.4 Å². The first-order valence-corrected chi connectivity index (χ1v) is 5.40. The number of hydrogen-bond donors (Lipinski definition) is 1. The molecule has 2 aromatic rings. The van der Waals surface area contributed by atoms with E-state index in [0.29, 0.717) is 27.7 Å². The van der Waals surface area contributed by atoms with Crippen molar-refractivity contribution in [3.63, 3.8) is 0 Å². The van der Waals surface area contributed by atoms with Crippen LogP contribution in [0.25, 0.3) is 11.4 Å². The Bertz CT molecular complexity index is 587. The van der Waals surface area contributed by atoms with Gasteiger partial charge in [-0.25, -0.2) is 9.97 Å². The molecule has 0 fully saturated rings. The maximum absolute atomic E-state index is 10.6. The van der Waals surface area contributed by atoms with Gasteiger partial charge in [0.2, 0.25) is 0 Å². The predicted molar refractivity (Wildman–Crippen MR) is 67.3 cm³/mol. The van der Waals surface area contributed by atoms with Crippen LogP contribution in [0, 0.1) is 0 Å². The van der Waals surface area contributed by atoms with Crippen LogP contribution in [-0.4, -0.2) is 16.3 Å². The smallest absolute Gasteiger partial charge is 0.161 e. The zero-order valence-electron chi connectivity index (χ0n) is 8.52. The van der Waals surface area contributed by atoms with E-state index >= 15 is 0 Å². The van der Waals surface area contributed by atoms with E-state index in [-0.39, 0.29) is 11.4 Å². The van der Waals surface area contributed by atoms with E-state index in [1.54, 1.807) is 18.2 Å². The van der Waals surface area contributed by atoms with Crippen molar-refractivity contribution in [2.45, 2.75) is 0 Å². The van der Waals surface area contributed by atoms with Crippen molar-refractivity contribution in [3.05, 3.63) is 40.0 Å². The van der Waals surface area contributed by atoms with Crippen molar-refractivity contribution in [1.29, 1.82) is 0 Å². The third-order valence-electron chi connectivity index (χ3n) is 2.15. The van der Waals surface area contributed by atoms with Gasteiger partial charge in [0.25, 0.3) is 0 Å². The molecule has 0 spiro atoms. The summed E-state index contributed by atoms with van der Waals surface area (Å²) in [6.07, 6.45) is 1.97. The second-order valence-electron chi connectivity index (χ2n) is 3.28. The molecule has 2 N–H and O–H groups in total. The van der Waals surface area contributed by atoms with Gasteiger partial charge in [-0.2, -0.15) is 0 Å². The van der Waals surface area contributed by atoms with Crippen molar-refractivity contribution in [2.75, 3.05) is 5.73 Å². The third kappa shape index (κ3) is 2.38. The van der Waals surface area contributed by atoms with E-state index in [2.05, 4.69) is 9.97 Å². The van der Waals surface area contributed by atoms with Crippen LogP contribution in [0.2, 0.25) is 10.0 Å². The minimum absolute atomic E-state index is 0.135. The highest BCUT2D eigenvalue weighted by atomic mass is 35.5. The van der Waals surface area contributed by atoms with Crippen molar-refractivity contribution in [2.24, 2.45) is 0 Å².